The van der Waals surface area contributed by atoms with Crippen LogP contribution in [0.25, 0.3) is 0 Å². The molecule has 17 heavy (non-hydrogen) atoms. The SMILES string of the molecule is CCCC(N)C(=O)Nc1ccc2c(c1)CCO2. The number of nitrogens with two attached hydrogens (primary N) is 1. The quantitative estimate of drug-likeness (QED) is 0.833. The van der Waals surface area contributed by atoms with Crippen LogP contribution in [-0.2, 0) is 11.2 Å². The zero-order chi connectivity index (χ0) is 12.3. The first-order chi connectivity index (χ1) is 8.20. The first-order valence-corrected chi connectivity index (χ1v) is 6.03. The van der Waals surface area contributed by atoms with Crippen LogP contribution < -0.4 is 15.8 Å². The van der Waals surface area contributed by atoms with Gasteiger partial charge in [0.25, 0.3) is 0 Å². The number of amides is 1. The largest absolute Gasteiger partial charge is 0.493 e. The number of carbonyl (C=O) groups is 1. The predicted octanol–water partition coefficient (Wildman–Crippen LogP) is 1.69. The molecule has 2 rings (SSSR count). The topological polar surface area (TPSA) is 64.4 Å². The summed E-state index contributed by atoms with van der Waals surface area (Å²) in [5.74, 6) is 0.798. The fourth-order valence-electron chi connectivity index (χ4n) is 1.94. The molecule has 0 aliphatic carbocycles. The van der Waals surface area contributed by atoms with Gasteiger partial charge in [0.2, 0.25) is 5.91 Å². The van der Waals surface area contributed by atoms with E-state index < -0.39 is 6.04 Å². The van der Waals surface area contributed by atoms with E-state index in [0.717, 1.165) is 36.4 Å². The highest BCUT2D eigenvalue weighted by Crippen LogP contribution is 2.27. The van der Waals surface area contributed by atoms with Gasteiger partial charge in [-0.05, 0) is 30.2 Å². The van der Waals surface area contributed by atoms with Gasteiger partial charge in [-0.15, -0.1) is 0 Å². The Labute approximate surface area is 101 Å². The van der Waals surface area contributed by atoms with Gasteiger partial charge in [0.05, 0.1) is 12.6 Å². The molecule has 3 N–H and O–H groups in total. The molecule has 4 nitrogen and oxygen atoms in total. The minimum Gasteiger partial charge on any atom is -0.493 e. The molecule has 0 aromatic heterocycles. The average Bonchev–Trinajstić information content (AvgIpc) is 2.76. The molecule has 1 aliphatic heterocycles. The fourth-order valence-corrected chi connectivity index (χ4v) is 1.94. The van der Waals surface area contributed by atoms with E-state index in [2.05, 4.69) is 5.32 Å². The summed E-state index contributed by atoms with van der Waals surface area (Å²) in [5.41, 5.74) is 7.69. The van der Waals surface area contributed by atoms with Gasteiger partial charge < -0.3 is 15.8 Å². The highest BCUT2D eigenvalue weighted by molar-refractivity contribution is 5.94. The number of benzene rings is 1. The van der Waals surface area contributed by atoms with Crippen molar-refractivity contribution in [3.05, 3.63) is 23.8 Å². The van der Waals surface area contributed by atoms with Gasteiger partial charge in [-0.25, -0.2) is 0 Å². The Kier molecular flexibility index (Phi) is 3.64. The monoisotopic (exact) mass is 234 g/mol. The van der Waals surface area contributed by atoms with E-state index >= 15 is 0 Å². The molecule has 1 unspecified atom stereocenters. The van der Waals surface area contributed by atoms with Crippen LogP contribution >= 0.6 is 0 Å². The molecule has 0 fully saturated rings. The summed E-state index contributed by atoms with van der Waals surface area (Å²) in [4.78, 5) is 11.7. The van der Waals surface area contributed by atoms with Crippen molar-refractivity contribution in [1.82, 2.24) is 0 Å². The Morgan fingerprint density at radius 1 is 1.59 bits per heavy atom. The number of hydrogen-bond donors (Lipinski definition) is 2. The molecule has 0 spiro atoms. The maximum Gasteiger partial charge on any atom is 0.241 e. The van der Waals surface area contributed by atoms with Gasteiger partial charge in [0, 0.05) is 12.1 Å². The number of fused-ring (bicyclic) bond motifs is 1. The molecule has 0 saturated heterocycles. The van der Waals surface area contributed by atoms with Crippen molar-refractivity contribution < 1.29 is 9.53 Å². The van der Waals surface area contributed by atoms with Crippen molar-refractivity contribution in [1.29, 1.82) is 0 Å². The summed E-state index contributed by atoms with van der Waals surface area (Å²) in [6, 6.07) is 5.27. The Balaban J connectivity index is 2.01. The van der Waals surface area contributed by atoms with Crippen LogP contribution in [0.15, 0.2) is 18.2 Å². The molecule has 1 aromatic rings. The lowest BCUT2D eigenvalue weighted by Gasteiger charge is -2.11. The molecule has 0 saturated carbocycles. The maximum atomic E-state index is 11.7. The normalized spacial score (nSPS) is 14.9. The summed E-state index contributed by atoms with van der Waals surface area (Å²) in [7, 11) is 0. The number of rotatable bonds is 4. The molecule has 0 radical (unpaired) electrons. The molecular formula is C13H18N2O2. The van der Waals surface area contributed by atoms with E-state index in [9.17, 15) is 4.79 Å². The van der Waals surface area contributed by atoms with Crippen LogP contribution in [-0.4, -0.2) is 18.6 Å². The number of carbonyl (C=O) groups excluding carboxylic acids is 1. The average molecular weight is 234 g/mol. The van der Waals surface area contributed by atoms with Gasteiger partial charge in [-0.1, -0.05) is 13.3 Å². The fraction of sp³-hybridized carbons (Fsp3) is 0.462. The van der Waals surface area contributed by atoms with Crippen molar-refractivity contribution >= 4 is 11.6 Å². The summed E-state index contributed by atoms with van der Waals surface area (Å²) in [6.07, 6.45) is 2.52. The molecule has 1 amide bonds. The molecule has 4 heteroatoms. The predicted molar refractivity (Wildman–Crippen MR) is 67.2 cm³/mol. The van der Waals surface area contributed by atoms with Gasteiger partial charge in [0.15, 0.2) is 0 Å². The van der Waals surface area contributed by atoms with E-state index in [4.69, 9.17) is 10.5 Å². The van der Waals surface area contributed by atoms with Crippen molar-refractivity contribution in [2.75, 3.05) is 11.9 Å². The number of ether oxygens (including phenoxy) is 1. The zero-order valence-electron chi connectivity index (χ0n) is 10.0. The minimum absolute atomic E-state index is 0.120. The molecule has 1 aliphatic rings. The standard InChI is InChI=1S/C13H18N2O2/c1-2-3-11(14)13(16)15-10-4-5-12-9(8-10)6-7-17-12/h4-5,8,11H,2-3,6-7,14H2,1H3,(H,15,16). The van der Waals surface area contributed by atoms with Gasteiger partial charge in [0.1, 0.15) is 5.75 Å². The van der Waals surface area contributed by atoms with Crippen LogP contribution in [0.5, 0.6) is 5.75 Å². The first-order valence-electron chi connectivity index (χ1n) is 6.03. The Hall–Kier alpha value is -1.55. The van der Waals surface area contributed by atoms with Gasteiger partial charge in [-0.3, -0.25) is 4.79 Å². The van der Waals surface area contributed by atoms with Crippen LogP contribution in [0, 0.1) is 0 Å². The Bertz CT molecular complexity index is 418. The van der Waals surface area contributed by atoms with E-state index in [-0.39, 0.29) is 5.91 Å². The second-order valence-corrected chi connectivity index (χ2v) is 4.31. The van der Waals surface area contributed by atoms with Gasteiger partial charge in [-0.2, -0.15) is 0 Å². The summed E-state index contributed by atoms with van der Waals surface area (Å²) >= 11 is 0. The summed E-state index contributed by atoms with van der Waals surface area (Å²) in [5, 5.41) is 2.84. The van der Waals surface area contributed by atoms with E-state index in [1.54, 1.807) is 0 Å². The lowest BCUT2D eigenvalue weighted by Crippen LogP contribution is -2.35. The second kappa shape index (κ2) is 5.19. The number of nitrogens with one attached hydrogen (secondary N) is 1. The molecule has 92 valence electrons. The third-order valence-corrected chi connectivity index (χ3v) is 2.89. The van der Waals surface area contributed by atoms with Crippen LogP contribution in [0.3, 0.4) is 0 Å². The van der Waals surface area contributed by atoms with Crippen molar-refractivity contribution in [2.45, 2.75) is 32.2 Å². The van der Waals surface area contributed by atoms with Crippen LogP contribution in [0.4, 0.5) is 5.69 Å². The lowest BCUT2D eigenvalue weighted by atomic mass is 10.1. The third-order valence-electron chi connectivity index (χ3n) is 2.89. The zero-order valence-corrected chi connectivity index (χ0v) is 10.0. The Morgan fingerprint density at radius 2 is 2.41 bits per heavy atom. The maximum absolute atomic E-state index is 11.7. The highest BCUT2D eigenvalue weighted by Gasteiger charge is 2.15. The number of hydrogen-bond acceptors (Lipinski definition) is 3. The van der Waals surface area contributed by atoms with E-state index in [1.807, 2.05) is 25.1 Å². The minimum atomic E-state index is -0.426. The molecular weight excluding hydrogens is 216 g/mol. The van der Waals surface area contributed by atoms with Gasteiger partial charge >= 0.3 is 0 Å². The van der Waals surface area contributed by atoms with Crippen molar-refractivity contribution in [3.63, 3.8) is 0 Å². The highest BCUT2D eigenvalue weighted by atomic mass is 16.5. The third kappa shape index (κ3) is 2.77. The Morgan fingerprint density at radius 3 is 3.18 bits per heavy atom. The first kappa shape index (κ1) is 11.9. The number of anilines is 1. The smallest absolute Gasteiger partial charge is 0.241 e. The molecule has 1 heterocycles. The summed E-state index contributed by atoms with van der Waals surface area (Å²) < 4.78 is 5.41. The lowest BCUT2D eigenvalue weighted by molar-refractivity contribution is -0.117. The molecule has 0 bridgehead atoms. The molecule has 1 atom stereocenters. The molecule has 1 aromatic carbocycles. The van der Waals surface area contributed by atoms with Crippen molar-refractivity contribution in [3.8, 4) is 5.75 Å². The van der Waals surface area contributed by atoms with Crippen molar-refractivity contribution in [2.24, 2.45) is 5.73 Å². The second-order valence-electron chi connectivity index (χ2n) is 4.31. The van der Waals surface area contributed by atoms with Crippen LogP contribution in [0.1, 0.15) is 25.3 Å². The van der Waals surface area contributed by atoms with E-state index in [0.29, 0.717) is 6.42 Å². The van der Waals surface area contributed by atoms with Crippen LogP contribution in [0.2, 0.25) is 0 Å². The summed E-state index contributed by atoms with van der Waals surface area (Å²) in [6.45, 7) is 2.74. The van der Waals surface area contributed by atoms with E-state index in [1.165, 1.54) is 0 Å².